The van der Waals surface area contributed by atoms with E-state index in [0.29, 0.717) is 44.6 Å². The van der Waals surface area contributed by atoms with Gasteiger partial charge >= 0.3 is 5.91 Å². The van der Waals surface area contributed by atoms with Crippen molar-refractivity contribution in [2.45, 2.75) is 57.9 Å². The quantitative estimate of drug-likeness (QED) is 0.0790. The average Bonchev–Trinajstić information content (AvgIpc) is 3.03. The van der Waals surface area contributed by atoms with Crippen molar-refractivity contribution < 1.29 is 38.6 Å². The van der Waals surface area contributed by atoms with Gasteiger partial charge in [0.05, 0.1) is 5.56 Å². The van der Waals surface area contributed by atoms with Gasteiger partial charge in [0.15, 0.2) is 12.6 Å². The van der Waals surface area contributed by atoms with Crippen molar-refractivity contribution in [2.24, 2.45) is 0 Å². The van der Waals surface area contributed by atoms with Gasteiger partial charge in [-0.3, -0.25) is 39.3 Å². The first kappa shape index (κ1) is 35.3. The normalized spacial score (nSPS) is 17.6. The van der Waals surface area contributed by atoms with E-state index in [-0.39, 0.29) is 48.5 Å². The zero-order valence-electron chi connectivity index (χ0n) is 25.9. The lowest BCUT2D eigenvalue weighted by molar-refractivity contribution is -0.777. The summed E-state index contributed by atoms with van der Waals surface area (Å²) in [6.45, 7) is 9.66. The summed E-state index contributed by atoms with van der Waals surface area (Å²) in [5, 5.41) is 19.4. The number of quaternary nitrogens is 1. The second-order valence-corrected chi connectivity index (χ2v) is 11.1. The zero-order valence-corrected chi connectivity index (χ0v) is 25.9. The molecule has 0 saturated carbocycles. The maximum Gasteiger partial charge on any atom is 0.345 e. The molecular weight excluding hydrogens is 584 g/mol. The molecule has 0 aromatic heterocycles. The van der Waals surface area contributed by atoms with Crippen molar-refractivity contribution in [1.29, 1.82) is 0 Å². The number of hydrogen-bond donors (Lipinski definition) is 4. The first-order valence-electron chi connectivity index (χ1n) is 15.4. The molecule has 2 atom stereocenters. The van der Waals surface area contributed by atoms with E-state index in [1.807, 2.05) is 4.90 Å². The number of nitrogens with one attached hydrogen (secondary N) is 4. The van der Waals surface area contributed by atoms with Crippen LogP contribution in [0.3, 0.4) is 0 Å². The first-order valence-corrected chi connectivity index (χ1v) is 15.4. The predicted molar refractivity (Wildman–Crippen MR) is 164 cm³/mol. The van der Waals surface area contributed by atoms with Crippen molar-refractivity contribution >= 4 is 35.4 Å². The summed E-state index contributed by atoms with van der Waals surface area (Å²) >= 11 is 0. The molecule has 0 aliphatic carbocycles. The Morgan fingerprint density at radius 2 is 1.80 bits per heavy atom. The van der Waals surface area contributed by atoms with Gasteiger partial charge in [-0.15, -0.1) is 0 Å². The van der Waals surface area contributed by atoms with Crippen molar-refractivity contribution in [2.75, 3.05) is 52.4 Å². The van der Waals surface area contributed by atoms with Crippen LogP contribution in [0.15, 0.2) is 30.9 Å². The van der Waals surface area contributed by atoms with Crippen LogP contribution in [0.1, 0.15) is 60.9 Å². The molecule has 2 heterocycles. The minimum absolute atomic E-state index is 0.00881. The minimum atomic E-state index is -1.21. The number of imide groups is 1. The van der Waals surface area contributed by atoms with Gasteiger partial charge in [0.2, 0.25) is 17.7 Å². The number of amides is 6. The molecule has 246 valence electrons. The van der Waals surface area contributed by atoms with Crippen LogP contribution in [-0.2, 0) is 24.0 Å². The molecule has 45 heavy (non-hydrogen) atoms. The van der Waals surface area contributed by atoms with Crippen LogP contribution in [0.4, 0.5) is 0 Å². The van der Waals surface area contributed by atoms with E-state index in [1.165, 1.54) is 18.2 Å². The highest BCUT2D eigenvalue weighted by atomic mass is 16.5. The lowest BCUT2D eigenvalue weighted by atomic mass is 10.0. The Balaban J connectivity index is 1.28. The van der Waals surface area contributed by atoms with Gasteiger partial charge in [-0.1, -0.05) is 19.1 Å². The monoisotopic (exact) mass is 628 g/mol. The van der Waals surface area contributed by atoms with E-state index in [9.17, 15) is 34.0 Å². The average molecular weight is 629 g/mol. The predicted octanol–water partition coefficient (Wildman–Crippen LogP) is -0.785. The fourth-order valence-corrected chi connectivity index (χ4v) is 5.22. The lowest BCUT2D eigenvalue weighted by Gasteiger charge is -2.34. The van der Waals surface area contributed by atoms with Crippen molar-refractivity contribution in [3.05, 3.63) is 47.2 Å². The van der Waals surface area contributed by atoms with Gasteiger partial charge in [-0.05, 0) is 50.9 Å². The number of carbonyl (C=O) groups excluding carboxylic acids is 6. The van der Waals surface area contributed by atoms with Gasteiger partial charge in [-0.25, -0.2) is 4.79 Å². The molecule has 6 amide bonds. The van der Waals surface area contributed by atoms with E-state index >= 15 is 0 Å². The molecule has 3 rings (SSSR count). The molecule has 2 fully saturated rings. The highest BCUT2D eigenvalue weighted by Gasteiger charge is 2.36. The zero-order chi connectivity index (χ0) is 32.8. The van der Waals surface area contributed by atoms with Crippen molar-refractivity contribution in [3.8, 4) is 5.75 Å². The summed E-state index contributed by atoms with van der Waals surface area (Å²) in [5.74, 6) is -2.20. The molecule has 2 saturated heterocycles. The Kier molecular flexibility index (Phi) is 14.1. The van der Waals surface area contributed by atoms with E-state index in [0.717, 1.165) is 38.9 Å². The standard InChI is InChI=1S/C31H44N6O8/c1-3-26(38)32-15-8-16-35-17-19-36(20-18-35)29(41)11-5-4-6-14-33-28(40)21-45-25-10-7-9-23(22(25)2)31(43)37(44)24-12-13-27(39)34-30(24)42/h3,7,9-10,24,37H,1,4-6,8,11-21H2,2H3,(H,32,38)(H,33,40)(H,34,39,42). The maximum absolute atomic E-state index is 12.8. The Morgan fingerprint density at radius 1 is 1.07 bits per heavy atom. The number of ether oxygens (including phenoxy) is 1. The largest absolute Gasteiger partial charge is 0.626 e. The maximum atomic E-state index is 12.8. The minimum Gasteiger partial charge on any atom is -0.626 e. The molecule has 2 unspecified atom stereocenters. The summed E-state index contributed by atoms with van der Waals surface area (Å²) in [5.41, 5.74) is 0.446. The van der Waals surface area contributed by atoms with Crippen LogP contribution < -0.4 is 25.8 Å². The molecule has 0 radical (unpaired) electrons. The van der Waals surface area contributed by atoms with Crippen molar-refractivity contribution in [3.63, 3.8) is 0 Å². The molecule has 0 bridgehead atoms. The molecule has 2 aliphatic rings. The highest BCUT2D eigenvalue weighted by molar-refractivity contribution is 6.01. The first-order chi connectivity index (χ1) is 21.6. The fourth-order valence-electron chi connectivity index (χ4n) is 5.22. The highest BCUT2D eigenvalue weighted by Crippen LogP contribution is 2.21. The summed E-state index contributed by atoms with van der Waals surface area (Å²) in [7, 11) is 0. The van der Waals surface area contributed by atoms with E-state index in [2.05, 4.69) is 27.4 Å². The summed E-state index contributed by atoms with van der Waals surface area (Å²) in [6, 6.07) is 3.36. The van der Waals surface area contributed by atoms with Crippen LogP contribution in [0, 0.1) is 12.1 Å². The van der Waals surface area contributed by atoms with Crippen LogP contribution in [-0.4, -0.2) is 104 Å². The molecule has 2 aliphatic heterocycles. The number of benzene rings is 1. The lowest BCUT2D eigenvalue weighted by Crippen LogP contribution is -3.15. The number of rotatable bonds is 16. The van der Waals surface area contributed by atoms with E-state index in [4.69, 9.17) is 4.74 Å². The third-order valence-electron chi connectivity index (χ3n) is 7.92. The van der Waals surface area contributed by atoms with Gasteiger partial charge in [0.25, 0.3) is 11.8 Å². The SMILES string of the molecule is C=CC(=O)NCCCN1CCN(C(=O)CCCCCNC(=O)COc2cccc(C(=O)[NH+]([O-])C3CCC(=O)NC3=O)c2C)CC1. The number of piperazine rings is 1. The second-order valence-electron chi connectivity index (χ2n) is 11.1. The second kappa shape index (κ2) is 18.0. The summed E-state index contributed by atoms with van der Waals surface area (Å²) in [4.78, 5) is 76.5. The van der Waals surface area contributed by atoms with Gasteiger partial charge in [-0.2, -0.15) is 0 Å². The van der Waals surface area contributed by atoms with Gasteiger partial charge < -0.3 is 25.5 Å². The molecule has 14 heteroatoms. The molecule has 4 N–H and O–H groups in total. The van der Waals surface area contributed by atoms with Crippen LogP contribution in [0.25, 0.3) is 0 Å². The van der Waals surface area contributed by atoms with Crippen LogP contribution >= 0.6 is 0 Å². The Morgan fingerprint density at radius 3 is 2.51 bits per heavy atom. The summed E-state index contributed by atoms with van der Waals surface area (Å²) < 4.78 is 5.60. The molecule has 14 nitrogen and oxygen atoms in total. The van der Waals surface area contributed by atoms with E-state index < -0.39 is 28.8 Å². The Bertz CT molecular complexity index is 1250. The van der Waals surface area contributed by atoms with Gasteiger partial charge in [0.1, 0.15) is 5.75 Å². The Labute approximate surface area is 263 Å². The Hall–Kier alpha value is -4.14. The molecule has 1 aromatic rings. The topological polar surface area (TPSA) is 182 Å². The smallest absolute Gasteiger partial charge is 0.345 e. The summed E-state index contributed by atoms with van der Waals surface area (Å²) in [6.07, 6.45) is 4.77. The fraction of sp³-hybridized carbons (Fsp3) is 0.548. The molecule has 0 spiro atoms. The van der Waals surface area contributed by atoms with E-state index in [1.54, 1.807) is 13.0 Å². The van der Waals surface area contributed by atoms with Crippen molar-refractivity contribution in [1.82, 2.24) is 25.8 Å². The van der Waals surface area contributed by atoms with Crippen LogP contribution in [0.5, 0.6) is 5.75 Å². The number of hydroxylamine groups is 2. The molecular formula is C31H44N6O8. The van der Waals surface area contributed by atoms with Crippen LogP contribution in [0.2, 0.25) is 0 Å². The number of carbonyl (C=O) groups is 6. The number of nitrogens with zero attached hydrogens (tertiary/aromatic N) is 2. The third-order valence-corrected chi connectivity index (χ3v) is 7.92. The van der Waals surface area contributed by atoms with Gasteiger partial charge in [0, 0.05) is 64.1 Å². The number of piperidine rings is 1. The number of unbranched alkanes of at least 4 members (excludes halogenated alkanes) is 2. The third kappa shape index (κ3) is 11.1. The molecule has 1 aromatic carbocycles. The number of hydrogen-bond acceptors (Lipinski definition) is 9.